The minimum absolute atomic E-state index is 0.760. The third kappa shape index (κ3) is 3.85. The third-order valence-electron chi connectivity index (χ3n) is 2.40. The Kier molecular flexibility index (Phi) is 5.35. The highest BCUT2D eigenvalue weighted by Crippen LogP contribution is 2.25. The number of nitrogens with one attached hydrogen (secondary N) is 1. The highest BCUT2D eigenvalue weighted by Gasteiger charge is 2.02. The van der Waals surface area contributed by atoms with E-state index >= 15 is 0 Å². The van der Waals surface area contributed by atoms with Crippen molar-refractivity contribution < 1.29 is 0 Å². The fourth-order valence-electron chi connectivity index (χ4n) is 1.48. The van der Waals surface area contributed by atoms with Crippen LogP contribution in [0, 0.1) is 3.57 Å². The SMILES string of the molecule is Clc1ccc(NCc2ccc(Br)c(Br)c2)c(I)c1. The predicted octanol–water partition coefficient (Wildman–Crippen LogP) is 6.08. The van der Waals surface area contributed by atoms with E-state index in [0.29, 0.717) is 0 Å². The van der Waals surface area contributed by atoms with Crippen LogP contribution in [-0.2, 0) is 6.54 Å². The van der Waals surface area contributed by atoms with Gasteiger partial charge in [0.15, 0.2) is 0 Å². The Bertz CT molecular complexity index is 575. The lowest BCUT2D eigenvalue weighted by Crippen LogP contribution is -2.00. The van der Waals surface area contributed by atoms with E-state index in [-0.39, 0.29) is 0 Å². The molecule has 0 amide bonds. The summed E-state index contributed by atoms with van der Waals surface area (Å²) < 4.78 is 3.25. The molecule has 0 fully saturated rings. The minimum atomic E-state index is 0.760. The standard InChI is InChI=1S/C13H9Br2ClIN/c14-10-3-1-8(5-11(10)15)7-18-13-4-2-9(16)6-12(13)17/h1-6,18H,7H2. The number of hydrogen-bond donors (Lipinski definition) is 1. The zero-order chi connectivity index (χ0) is 13.1. The van der Waals surface area contributed by atoms with Crippen molar-refractivity contribution >= 4 is 71.7 Å². The lowest BCUT2D eigenvalue weighted by atomic mass is 10.2. The fourth-order valence-corrected chi connectivity index (χ4v) is 3.21. The average Bonchev–Trinajstić information content (AvgIpc) is 2.32. The molecule has 1 nitrogen and oxygen atoms in total. The molecule has 1 N–H and O–H groups in total. The van der Waals surface area contributed by atoms with Gasteiger partial charge in [-0.1, -0.05) is 17.7 Å². The van der Waals surface area contributed by atoms with Gasteiger partial charge >= 0.3 is 0 Å². The molecule has 0 aliphatic heterocycles. The van der Waals surface area contributed by atoms with Crippen molar-refractivity contribution in [3.05, 3.63) is 59.5 Å². The van der Waals surface area contributed by atoms with Crippen molar-refractivity contribution in [3.63, 3.8) is 0 Å². The molecule has 18 heavy (non-hydrogen) atoms. The van der Waals surface area contributed by atoms with E-state index in [4.69, 9.17) is 11.6 Å². The van der Waals surface area contributed by atoms with Gasteiger partial charge in [0.2, 0.25) is 0 Å². The zero-order valence-electron chi connectivity index (χ0n) is 9.18. The molecule has 0 radical (unpaired) electrons. The summed E-state index contributed by atoms with van der Waals surface area (Å²) in [6, 6.07) is 12.1. The van der Waals surface area contributed by atoms with Gasteiger partial charge in [-0.05, 0) is 90.3 Å². The summed E-state index contributed by atoms with van der Waals surface area (Å²) in [6.45, 7) is 0.781. The molecule has 0 saturated carbocycles. The van der Waals surface area contributed by atoms with Crippen molar-refractivity contribution in [1.29, 1.82) is 0 Å². The molecular weight excluding hydrogens is 492 g/mol. The summed E-state index contributed by atoms with van der Waals surface area (Å²) >= 11 is 15.2. The van der Waals surface area contributed by atoms with Crippen LogP contribution in [0.2, 0.25) is 5.02 Å². The Balaban J connectivity index is 2.09. The van der Waals surface area contributed by atoms with Crippen molar-refractivity contribution in [2.75, 3.05) is 5.32 Å². The first-order valence-corrected chi connectivity index (χ1v) is 8.23. The maximum atomic E-state index is 5.93. The second-order valence-corrected chi connectivity index (χ2v) is 7.03. The second-order valence-electron chi connectivity index (χ2n) is 3.73. The molecule has 0 aliphatic rings. The Morgan fingerprint density at radius 2 is 1.83 bits per heavy atom. The summed E-state index contributed by atoms with van der Waals surface area (Å²) in [7, 11) is 0. The Morgan fingerprint density at radius 3 is 2.50 bits per heavy atom. The highest BCUT2D eigenvalue weighted by atomic mass is 127. The van der Waals surface area contributed by atoms with Crippen LogP contribution in [0.5, 0.6) is 0 Å². The molecule has 2 rings (SSSR count). The molecule has 0 heterocycles. The highest BCUT2D eigenvalue weighted by molar-refractivity contribution is 14.1. The van der Waals surface area contributed by atoms with Crippen LogP contribution in [0.15, 0.2) is 45.3 Å². The third-order valence-corrected chi connectivity index (χ3v) is 5.41. The normalized spacial score (nSPS) is 10.4. The molecule has 0 bridgehead atoms. The monoisotopic (exact) mass is 499 g/mol. The van der Waals surface area contributed by atoms with Crippen LogP contribution < -0.4 is 5.32 Å². The molecule has 0 saturated heterocycles. The molecule has 0 aliphatic carbocycles. The van der Waals surface area contributed by atoms with Crippen molar-refractivity contribution in [3.8, 4) is 0 Å². The maximum Gasteiger partial charge on any atom is 0.0479 e. The molecule has 0 aromatic heterocycles. The van der Waals surface area contributed by atoms with Gasteiger partial charge in [0, 0.05) is 29.8 Å². The van der Waals surface area contributed by atoms with E-state index in [1.54, 1.807) is 0 Å². The molecule has 2 aromatic rings. The topological polar surface area (TPSA) is 12.0 Å². The Labute approximate surface area is 142 Å². The Morgan fingerprint density at radius 1 is 1.06 bits per heavy atom. The number of hydrogen-bond acceptors (Lipinski definition) is 1. The lowest BCUT2D eigenvalue weighted by Gasteiger charge is -2.09. The lowest BCUT2D eigenvalue weighted by molar-refractivity contribution is 1.14. The summed E-state index contributed by atoms with van der Waals surface area (Å²) in [5.74, 6) is 0. The van der Waals surface area contributed by atoms with Crippen molar-refractivity contribution in [1.82, 2.24) is 0 Å². The molecule has 5 heteroatoms. The molecule has 94 valence electrons. The van der Waals surface area contributed by atoms with Crippen LogP contribution in [-0.4, -0.2) is 0 Å². The van der Waals surface area contributed by atoms with E-state index in [0.717, 1.165) is 29.8 Å². The van der Waals surface area contributed by atoms with E-state index in [2.05, 4.69) is 71.9 Å². The quantitative estimate of drug-likeness (QED) is 0.503. The van der Waals surface area contributed by atoms with Gasteiger partial charge in [-0.25, -0.2) is 0 Å². The fraction of sp³-hybridized carbons (Fsp3) is 0.0769. The van der Waals surface area contributed by atoms with Crippen molar-refractivity contribution in [2.24, 2.45) is 0 Å². The minimum Gasteiger partial charge on any atom is -0.380 e. The summed E-state index contributed by atoms with van der Waals surface area (Å²) in [4.78, 5) is 0. The van der Waals surface area contributed by atoms with E-state index in [1.165, 1.54) is 5.56 Å². The van der Waals surface area contributed by atoms with Crippen LogP contribution in [0.25, 0.3) is 0 Å². The zero-order valence-corrected chi connectivity index (χ0v) is 15.3. The van der Waals surface area contributed by atoms with E-state index in [1.807, 2.05) is 24.3 Å². The van der Waals surface area contributed by atoms with Crippen molar-refractivity contribution in [2.45, 2.75) is 6.54 Å². The molecule has 0 unspecified atom stereocenters. The average molecular weight is 501 g/mol. The van der Waals surface area contributed by atoms with Crippen LogP contribution in [0.4, 0.5) is 5.69 Å². The summed E-state index contributed by atoms with van der Waals surface area (Å²) in [6.07, 6.45) is 0. The second kappa shape index (κ2) is 6.59. The van der Waals surface area contributed by atoms with Gasteiger partial charge in [0.1, 0.15) is 0 Å². The van der Waals surface area contributed by atoms with Crippen LogP contribution in [0.3, 0.4) is 0 Å². The smallest absolute Gasteiger partial charge is 0.0479 e. The number of rotatable bonds is 3. The van der Waals surface area contributed by atoms with Gasteiger partial charge in [0.25, 0.3) is 0 Å². The maximum absolute atomic E-state index is 5.93. The van der Waals surface area contributed by atoms with Gasteiger partial charge in [0.05, 0.1) is 0 Å². The molecule has 2 aromatic carbocycles. The van der Waals surface area contributed by atoms with Crippen LogP contribution in [0.1, 0.15) is 5.56 Å². The number of anilines is 1. The van der Waals surface area contributed by atoms with Gasteiger partial charge in [-0.3, -0.25) is 0 Å². The predicted molar refractivity (Wildman–Crippen MR) is 93.3 cm³/mol. The van der Waals surface area contributed by atoms with Gasteiger partial charge in [-0.2, -0.15) is 0 Å². The van der Waals surface area contributed by atoms with E-state index < -0.39 is 0 Å². The molecule has 0 atom stereocenters. The first kappa shape index (κ1) is 14.6. The van der Waals surface area contributed by atoms with Gasteiger partial charge < -0.3 is 5.32 Å². The first-order valence-electron chi connectivity index (χ1n) is 5.19. The molecule has 0 spiro atoms. The molecular formula is C13H9Br2ClIN. The summed E-state index contributed by atoms with van der Waals surface area (Å²) in [5, 5.41) is 4.16. The number of halogens is 4. The number of benzene rings is 2. The largest absolute Gasteiger partial charge is 0.380 e. The first-order chi connectivity index (χ1) is 8.56. The van der Waals surface area contributed by atoms with E-state index in [9.17, 15) is 0 Å². The Hall–Kier alpha value is 0.220. The summed E-state index contributed by atoms with van der Waals surface area (Å²) in [5.41, 5.74) is 2.31. The van der Waals surface area contributed by atoms with Gasteiger partial charge in [-0.15, -0.1) is 0 Å². The van der Waals surface area contributed by atoms with Crippen LogP contribution >= 0.6 is 66.1 Å².